The molecule has 0 nitrogen and oxygen atoms in total. The van der Waals surface area contributed by atoms with Gasteiger partial charge in [0.15, 0.2) is 0 Å². The maximum absolute atomic E-state index is 2.00. The summed E-state index contributed by atoms with van der Waals surface area (Å²) < 4.78 is 0. The van der Waals surface area contributed by atoms with E-state index in [0.29, 0.717) is 0 Å². The van der Waals surface area contributed by atoms with Crippen LogP contribution in [0.2, 0.25) is 0 Å². The summed E-state index contributed by atoms with van der Waals surface area (Å²) in [7, 11) is 0. The lowest BCUT2D eigenvalue weighted by Gasteiger charge is -1.69. The van der Waals surface area contributed by atoms with Crippen LogP contribution in [0.25, 0.3) is 0 Å². The molecule has 0 saturated carbocycles. The maximum atomic E-state index is 2.00. The molecule has 0 aliphatic carbocycles. The molecule has 1 aromatic rings. The molecule has 0 unspecified atom stereocenters. The molecule has 1 aromatic carbocycles. The smallest absolute Gasteiger partial charge is 0.0623 e. The van der Waals surface area contributed by atoms with Gasteiger partial charge in [-0.15, -0.1) is 0 Å². The van der Waals surface area contributed by atoms with E-state index in [0.717, 1.165) is 0 Å². The fraction of sp³-hybridized carbons (Fsp3) is 0. The predicted octanol–water partition coefficient (Wildman–Crippen LogP) is 1.69. The Morgan fingerprint density at radius 3 is 0.667 bits per heavy atom. The third-order valence-electron chi connectivity index (χ3n) is 0.667. The van der Waals surface area contributed by atoms with Crippen molar-refractivity contribution < 1.29 is 0 Å². The van der Waals surface area contributed by atoms with Gasteiger partial charge in [-0.2, -0.15) is 0 Å². The van der Waals surface area contributed by atoms with Crippen molar-refractivity contribution in [2.75, 3.05) is 0 Å². The highest BCUT2D eigenvalue weighted by atomic mass is 14.2. The molecule has 0 amide bonds. The third kappa shape index (κ3) is 0.582. The minimum Gasteiger partial charge on any atom is -0.0623 e. The summed E-state index contributed by atoms with van der Waals surface area (Å²) in [5.41, 5.74) is 0. The molecular formula is C6H6. The van der Waals surface area contributed by atoms with Crippen LogP contribution in [0.15, 0.2) is 36.4 Å². The van der Waals surface area contributed by atoms with Gasteiger partial charge in [-0.05, 0) is 0 Å². The quantitative estimate of drug-likeness (QED) is 0.444. The van der Waals surface area contributed by atoms with E-state index in [1.807, 2.05) is 36.4 Å². The molecular weight excluding hydrogens is 74.1 g/mol. The highest BCUT2D eigenvalue weighted by molar-refractivity contribution is 4.99. The van der Waals surface area contributed by atoms with Crippen LogP contribution in [0.3, 0.4) is 0 Å². The second-order valence-corrected chi connectivity index (χ2v) is 1.15. The topological polar surface area (TPSA) is 0 Å². The minimum atomic E-state index is 2.00. The zero-order valence-corrected chi connectivity index (χ0v) is 3.46. The van der Waals surface area contributed by atoms with E-state index in [1.54, 1.807) is 0 Å². The molecule has 0 radical (unpaired) electrons. The van der Waals surface area contributed by atoms with Crippen LogP contribution in [0, 0.1) is 0 Å². The van der Waals surface area contributed by atoms with Crippen LogP contribution in [0.1, 0.15) is 0 Å². The second-order valence-electron chi connectivity index (χ2n) is 1.15. The zero-order valence-electron chi connectivity index (χ0n) is 3.46. The number of rotatable bonds is 0. The SMILES string of the molecule is c1cc[13cH][13cH]c1. The highest BCUT2D eigenvalue weighted by Crippen LogP contribution is 1.79. The van der Waals surface area contributed by atoms with Crippen molar-refractivity contribution >= 4 is 0 Å². The largest absolute Gasteiger partial charge is 0.0623 e. The number of benzene rings is 1. The monoisotopic (exact) mass is 80.1 g/mol. The van der Waals surface area contributed by atoms with Gasteiger partial charge in [0, 0.05) is 0 Å². The van der Waals surface area contributed by atoms with Crippen molar-refractivity contribution in [3.05, 3.63) is 36.4 Å². The molecule has 0 N–H and O–H groups in total. The van der Waals surface area contributed by atoms with Crippen LogP contribution in [-0.2, 0) is 0 Å². The van der Waals surface area contributed by atoms with E-state index in [4.69, 9.17) is 0 Å². The van der Waals surface area contributed by atoms with E-state index in [1.165, 1.54) is 0 Å². The van der Waals surface area contributed by atoms with Gasteiger partial charge in [0.2, 0.25) is 0 Å². The number of hydrogen-bond acceptors (Lipinski definition) is 0. The molecule has 30 valence electrons. The van der Waals surface area contributed by atoms with E-state index >= 15 is 0 Å². The Kier molecular flexibility index (Phi) is 0.913. The first-order valence-electron chi connectivity index (χ1n) is 2.00. The Morgan fingerprint density at radius 1 is 0.333 bits per heavy atom. The van der Waals surface area contributed by atoms with Gasteiger partial charge in [0.1, 0.15) is 0 Å². The molecule has 0 aromatic heterocycles. The molecule has 0 bridgehead atoms. The molecule has 0 saturated heterocycles. The Hall–Kier alpha value is -0.780. The van der Waals surface area contributed by atoms with Crippen LogP contribution < -0.4 is 0 Å². The summed E-state index contributed by atoms with van der Waals surface area (Å²) in [6.45, 7) is 0. The molecule has 0 heteroatoms. The lowest BCUT2D eigenvalue weighted by atomic mass is 10.6. The van der Waals surface area contributed by atoms with Gasteiger partial charge >= 0.3 is 0 Å². The maximum Gasteiger partial charge on any atom is -0.0623 e. The normalized spacial score (nSPS) is 8.00. The first kappa shape index (κ1) is 3.41. The molecule has 0 aliphatic heterocycles. The Balaban J connectivity index is 3.00. The molecule has 0 aliphatic rings. The van der Waals surface area contributed by atoms with Crippen molar-refractivity contribution in [2.24, 2.45) is 0 Å². The Morgan fingerprint density at radius 2 is 0.500 bits per heavy atom. The van der Waals surface area contributed by atoms with Crippen LogP contribution in [0.5, 0.6) is 0 Å². The fourth-order valence-electron chi connectivity index (χ4n) is 0.385. The van der Waals surface area contributed by atoms with Crippen LogP contribution in [0.4, 0.5) is 0 Å². The fourth-order valence-corrected chi connectivity index (χ4v) is 0.385. The Bertz CT molecular complexity index is 72.0. The first-order chi connectivity index (χ1) is 3.00. The van der Waals surface area contributed by atoms with E-state index in [2.05, 4.69) is 0 Å². The van der Waals surface area contributed by atoms with Gasteiger partial charge in [0.25, 0.3) is 0 Å². The average molecular weight is 80.1 g/mol. The average Bonchev–Trinajstić information content (AvgIpc) is 1.72. The zero-order chi connectivity index (χ0) is 4.24. The van der Waals surface area contributed by atoms with E-state index < -0.39 is 0 Å². The van der Waals surface area contributed by atoms with Crippen molar-refractivity contribution in [3.8, 4) is 0 Å². The standard InChI is InChI=1S/C6H6/c1-2-4-6-5-3-1/h1-6H/i1+1,2+1. The van der Waals surface area contributed by atoms with Crippen molar-refractivity contribution in [1.82, 2.24) is 0 Å². The van der Waals surface area contributed by atoms with Gasteiger partial charge in [0.05, 0.1) is 0 Å². The molecule has 0 heterocycles. The van der Waals surface area contributed by atoms with Gasteiger partial charge in [-0.3, -0.25) is 0 Å². The van der Waals surface area contributed by atoms with Crippen molar-refractivity contribution in [2.45, 2.75) is 0 Å². The summed E-state index contributed by atoms with van der Waals surface area (Å²) in [5.74, 6) is 0. The molecule has 1 rings (SSSR count). The van der Waals surface area contributed by atoms with Crippen LogP contribution in [-0.4, -0.2) is 0 Å². The van der Waals surface area contributed by atoms with Crippen molar-refractivity contribution in [1.29, 1.82) is 0 Å². The van der Waals surface area contributed by atoms with Gasteiger partial charge in [-0.25, -0.2) is 0 Å². The van der Waals surface area contributed by atoms with Crippen LogP contribution >= 0.6 is 0 Å². The summed E-state index contributed by atoms with van der Waals surface area (Å²) >= 11 is 0. The van der Waals surface area contributed by atoms with E-state index in [9.17, 15) is 0 Å². The van der Waals surface area contributed by atoms with Crippen molar-refractivity contribution in [3.63, 3.8) is 0 Å². The molecule has 0 atom stereocenters. The summed E-state index contributed by atoms with van der Waals surface area (Å²) in [6.07, 6.45) is 0. The van der Waals surface area contributed by atoms with Gasteiger partial charge < -0.3 is 0 Å². The summed E-state index contributed by atoms with van der Waals surface area (Å²) in [6, 6.07) is 12.0. The minimum absolute atomic E-state index is 2.00. The predicted molar refractivity (Wildman–Crippen MR) is 26.4 cm³/mol. The molecule has 0 fully saturated rings. The molecule has 6 heavy (non-hydrogen) atoms. The van der Waals surface area contributed by atoms with Gasteiger partial charge in [-0.1, -0.05) is 36.4 Å². The molecule has 0 spiro atoms. The third-order valence-corrected chi connectivity index (χ3v) is 0.667. The Labute approximate surface area is 37.4 Å². The lowest BCUT2D eigenvalue weighted by molar-refractivity contribution is 1.72. The second kappa shape index (κ2) is 1.61. The van der Waals surface area contributed by atoms with E-state index in [-0.39, 0.29) is 0 Å². The highest BCUT2D eigenvalue weighted by Gasteiger charge is 1.57. The first-order valence-corrected chi connectivity index (χ1v) is 2.00. The lowest BCUT2D eigenvalue weighted by Crippen LogP contribution is -1.47. The number of hydrogen-bond donors (Lipinski definition) is 0. The summed E-state index contributed by atoms with van der Waals surface area (Å²) in [4.78, 5) is 0. The summed E-state index contributed by atoms with van der Waals surface area (Å²) in [5, 5.41) is 0.